The number of ether oxygens (including phenoxy) is 1. The second-order valence-corrected chi connectivity index (χ2v) is 8.41. The van der Waals surface area contributed by atoms with E-state index in [9.17, 15) is 19.1 Å². The fourth-order valence-electron chi connectivity index (χ4n) is 4.07. The van der Waals surface area contributed by atoms with Crippen LogP contribution in [-0.2, 0) is 10.3 Å². The highest BCUT2D eigenvalue weighted by Gasteiger charge is 2.36. The van der Waals surface area contributed by atoms with Gasteiger partial charge in [-0.05, 0) is 32.9 Å². The van der Waals surface area contributed by atoms with E-state index in [1.807, 2.05) is 25.7 Å². The average molecular weight is 389 g/mol. The zero-order valence-electron chi connectivity index (χ0n) is 16.2. The number of aromatic nitrogens is 1. The number of hydrogen-bond acceptors (Lipinski definition) is 5. The Hall–Kier alpha value is -2.45. The number of anilines is 1. The Morgan fingerprint density at radius 2 is 2.07 bits per heavy atom. The molecule has 0 spiro atoms. The Morgan fingerprint density at radius 3 is 2.71 bits per heavy atom. The molecule has 1 aromatic carbocycles. The second-order valence-electron chi connectivity index (χ2n) is 8.41. The van der Waals surface area contributed by atoms with Gasteiger partial charge in [0, 0.05) is 36.8 Å². The Morgan fingerprint density at radius 1 is 1.32 bits per heavy atom. The van der Waals surface area contributed by atoms with Crippen molar-refractivity contribution in [1.82, 2.24) is 9.88 Å². The van der Waals surface area contributed by atoms with E-state index < -0.39 is 22.8 Å². The second kappa shape index (κ2) is 6.56. The van der Waals surface area contributed by atoms with Crippen molar-refractivity contribution in [3.05, 3.63) is 39.9 Å². The molecule has 1 aromatic heterocycles. The number of pyridine rings is 1. The fraction of sp³-hybridized carbons (Fsp3) is 0.500. The molecule has 2 N–H and O–H groups in total. The first-order valence-corrected chi connectivity index (χ1v) is 9.39. The number of morpholine rings is 1. The molecule has 0 bridgehead atoms. The van der Waals surface area contributed by atoms with Crippen LogP contribution in [0, 0.1) is 5.82 Å². The summed E-state index contributed by atoms with van der Waals surface area (Å²) in [4.78, 5) is 26.1. The van der Waals surface area contributed by atoms with E-state index in [0.29, 0.717) is 30.9 Å². The lowest BCUT2D eigenvalue weighted by Gasteiger charge is -2.27. The smallest absolute Gasteiger partial charge is 0.341 e. The fourth-order valence-corrected chi connectivity index (χ4v) is 4.07. The van der Waals surface area contributed by atoms with Crippen molar-refractivity contribution in [3.63, 3.8) is 0 Å². The molecule has 28 heavy (non-hydrogen) atoms. The molecular weight excluding hydrogens is 365 g/mol. The van der Waals surface area contributed by atoms with Gasteiger partial charge in [-0.1, -0.05) is 0 Å². The summed E-state index contributed by atoms with van der Waals surface area (Å²) in [5.41, 5.74) is -0.613. The molecule has 2 fully saturated rings. The monoisotopic (exact) mass is 389 g/mol. The Labute approximate surface area is 161 Å². The van der Waals surface area contributed by atoms with Crippen LogP contribution in [-0.4, -0.2) is 54.0 Å². The summed E-state index contributed by atoms with van der Waals surface area (Å²) in [5.74, 6) is -1.85. The highest BCUT2D eigenvalue weighted by atomic mass is 19.1. The van der Waals surface area contributed by atoms with E-state index >= 15 is 0 Å². The number of aromatic carboxylic acids is 1. The molecule has 2 aliphatic heterocycles. The van der Waals surface area contributed by atoms with Gasteiger partial charge < -0.3 is 24.6 Å². The third-order valence-electron chi connectivity index (χ3n) is 5.47. The number of nitrogens with one attached hydrogen (secondary N) is 1. The molecule has 2 saturated heterocycles. The van der Waals surface area contributed by atoms with Crippen molar-refractivity contribution in [2.45, 2.75) is 38.5 Å². The minimum absolute atomic E-state index is 0.00282. The van der Waals surface area contributed by atoms with E-state index in [0.717, 1.165) is 12.6 Å². The summed E-state index contributed by atoms with van der Waals surface area (Å²) >= 11 is 0. The van der Waals surface area contributed by atoms with Crippen LogP contribution in [0.5, 0.6) is 0 Å². The average Bonchev–Trinajstić information content (AvgIpc) is 3.04. The molecule has 0 amide bonds. The molecule has 3 heterocycles. The van der Waals surface area contributed by atoms with Crippen molar-refractivity contribution in [1.29, 1.82) is 0 Å². The first-order chi connectivity index (χ1) is 13.2. The highest BCUT2D eigenvalue weighted by molar-refractivity contribution is 5.93. The zero-order valence-corrected chi connectivity index (χ0v) is 16.2. The standard InChI is InChI=1S/C20H24FN3O4/c1-20(2,3)24-8-12(19(26)27)18(25)11-6-13(21)16(7-15(11)24)23-9-14-17(10-23)28-5-4-22-14/h6-8,14,17,22H,4-5,9-10H2,1-3H3,(H,26,27)/t14?,17-/m0/s1. The predicted molar refractivity (Wildman–Crippen MR) is 104 cm³/mol. The van der Waals surface area contributed by atoms with Crippen molar-refractivity contribution >= 4 is 22.6 Å². The number of halogens is 1. The Kier molecular flexibility index (Phi) is 4.43. The number of nitrogens with zero attached hydrogens (tertiary/aromatic N) is 2. The van der Waals surface area contributed by atoms with Gasteiger partial charge in [-0.25, -0.2) is 9.18 Å². The van der Waals surface area contributed by atoms with Crippen molar-refractivity contribution in [3.8, 4) is 0 Å². The number of rotatable bonds is 2. The number of fused-ring (bicyclic) bond motifs is 2. The van der Waals surface area contributed by atoms with Crippen molar-refractivity contribution < 1.29 is 19.0 Å². The summed E-state index contributed by atoms with van der Waals surface area (Å²) in [5, 5.41) is 12.9. The van der Waals surface area contributed by atoms with Gasteiger partial charge in [0.2, 0.25) is 5.43 Å². The molecule has 4 rings (SSSR count). The lowest BCUT2D eigenvalue weighted by molar-refractivity contribution is 0.0212. The van der Waals surface area contributed by atoms with Crippen LogP contribution in [0.25, 0.3) is 10.9 Å². The molecular formula is C20H24FN3O4. The third kappa shape index (κ3) is 3.06. The predicted octanol–water partition coefficient (Wildman–Crippen LogP) is 1.77. The van der Waals surface area contributed by atoms with E-state index in [1.54, 1.807) is 10.6 Å². The third-order valence-corrected chi connectivity index (χ3v) is 5.47. The largest absolute Gasteiger partial charge is 0.477 e. The molecule has 7 nitrogen and oxygen atoms in total. The maximum atomic E-state index is 15.0. The van der Waals surface area contributed by atoms with Crippen LogP contribution < -0.4 is 15.6 Å². The Bertz CT molecular complexity index is 997. The summed E-state index contributed by atoms with van der Waals surface area (Å²) in [6, 6.07) is 2.96. The van der Waals surface area contributed by atoms with E-state index in [4.69, 9.17) is 4.74 Å². The van der Waals surface area contributed by atoms with E-state index in [2.05, 4.69) is 5.32 Å². The molecule has 0 radical (unpaired) electrons. The van der Waals surface area contributed by atoms with Gasteiger partial charge in [-0.15, -0.1) is 0 Å². The maximum absolute atomic E-state index is 15.0. The normalized spacial score (nSPS) is 22.5. The number of carboxylic acids is 1. The van der Waals surface area contributed by atoms with Crippen LogP contribution >= 0.6 is 0 Å². The van der Waals surface area contributed by atoms with Gasteiger partial charge in [0.15, 0.2) is 0 Å². The minimum atomic E-state index is -1.32. The molecule has 2 aromatic rings. The summed E-state index contributed by atoms with van der Waals surface area (Å²) in [7, 11) is 0. The van der Waals surface area contributed by atoms with Crippen LogP contribution in [0.3, 0.4) is 0 Å². The van der Waals surface area contributed by atoms with Crippen LogP contribution in [0.2, 0.25) is 0 Å². The van der Waals surface area contributed by atoms with Crippen molar-refractivity contribution in [2.24, 2.45) is 0 Å². The van der Waals surface area contributed by atoms with Gasteiger partial charge in [-0.2, -0.15) is 0 Å². The van der Waals surface area contributed by atoms with Crippen molar-refractivity contribution in [2.75, 3.05) is 31.1 Å². The summed E-state index contributed by atoms with van der Waals surface area (Å²) < 4.78 is 22.5. The number of carboxylic acid groups (broad SMARTS) is 1. The lowest BCUT2D eigenvalue weighted by atomic mass is 10.0. The molecule has 2 aliphatic rings. The van der Waals surface area contributed by atoms with Gasteiger partial charge in [-0.3, -0.25) is 4.79 Å². The van der Waals surface area contributed by atoms with Crippen LogP contribution in [0.4, 0.5) is 10.1 Å². The summed E-state index contributed by atoms with van der Waals surface area (Å²) in [6.45, 7) is 8.32. The summed E-state index contributed by atoms with van der Waals surface area (Å²) in [6.07, 6.45) is 1.35. The number of carbonyl (C=O) groups is 1. The molecule has 0 aliphatic carbocycles. The minimum Gasteiger partial charge on any atom is -0.477 e. The van der Waals surface area contributed by atoms with Crippen LogP contribution in [0.1, 0.15) is 31.1 Å². The first kappa shape index (κ1) is 18.9. The van der Waals surface area contributed by atoms with E-state index in [-0.39, 0.29) is 23.1 Å². The molecule has 0 saturated carbocycles. The van der Waals surface area contributed by atoms with Gasteiger partial charge >= 0.3 is 5.97 Å². The first-order valence-electron chi connectivity index (χ1n) is 9.39. The maximum Gasteiger partial charge on any atom is 0.341 e. The van der Waals surface area contributed by atoms with Gasteiger partial charge in [0.25, 0.3) is 0 Å². The van der Waals surface area contributed by atoms with Crippen LogP contribution in [0.15, 0.2) is 23.1 Å². The Balaban J connectivity index is 1.89. The molecule has 8 heteroatoms. The lowest BCUT2D eigenvalue weighted by Crippen LogP contribution is -2.47. The highest BCUT2D eigenvalue weighted by Crippen LogP contribution is 2.31. The topological polar surface area (TPSA) is 83.8 Å². The number of benzene rings is 1. The van der Waals surface area contributed by atoms with Gasteiger partial charge in [0.05, 0.1) is 30.0 Å². The SMILES string of the molecule is CC(C)(C)n1cc(C(=O)O)c(=O)c2cc(F)c(N3CC4NCCO[C@H]4C3)cc21. The molecule has 2 atom stereocenters. The van der Waals surface area contributed by atoms with E-state index in [1.165, 1.54) is 6.20 Å². The molecule has 1 unspecified atom stereocenters. The number of hydrogen-bond donors (Lipinski definition) is 2. The quantitative estimate of drug-likeness (QED) is 0.815. The zero-order chi connectivity index (χ0) is 20.2. The van der Waals surface area contributed by atoms with Gasteiger partial charge in [0.1, 0.15) is 11.4 Å². The molecule has 150 valence electrons.